The van der Waals surface area contributed by atoms with Crippen molar-refractivity contribution in [2.75, 3.05) is 10.6 Å². The molecular formula is C25H20N6O. The number of carbonyl (C=O) groups excluding carboxylic acids is 1. The first-order valence-electron chi connectivity index (χ1n) is 10.2. The van der Waals surface area contributed by atoms with Gasteiger partial charge in [0.1, 0.15) is 0 Å². The average molecular weight is 420 g/mol. The lowest BCUT2D eigenvalue weighted by Crippen LogP contribution is -2.05. The molecule has 1 amide bonds. The van der Waals surface area contributed by atoms with Gasteiger partial charge >= 0.3 is 0 Å². The summed E-state index contributed by atoms with van der Waals surface area (Å²) in [6, 6.07) is 23.5. The molecule has 0 saturated carbocycles. The number of carbonyl (C=O) groups is 1. The molecule has 3 aromatic carbocycles. The summed E-state index contributed by atoms with van der Waals surface area (Å²) in [5, 5.41) is 11.3. The van der Waals surface area contributed by atoms with Crippen LogP contribution >= 0.6 is 0 Å². The third kappa shape index (κ3) is 4.04. The number of amides is 1. The Morgan fingerprint density at radius 3 is 2.56 bits per heavy atom. The molecule has 32 heavy (non-hydrogen) atoms. The lowest BCUT2D eigenvalue weighted by molar-refractivity contribution is -0.114. The number of anilines is 3. The molecule has 7 nitrogen and oxygen atoms in total. The van der Waals surface area contributed by atoms with E-state index in [1.807, 2.05) is 85.2 Å². The second-order valence-corrected chi connectivity index (χ2v) is 7.32. The average Bonchev–Trinajstić information content (AvgIpc) is 3.34. The number of benzene rings is 3. The zero-order valence-electron chi connectivity index (χ0n) is 17.4. The van der Waals surface area contributed by atoms with Gasteiger partial charge in [-0.2, -0.15) is 5.10 Å². The van der Waals surface area contributed by atoms with Gasteiger partial charge in [-0.05, 0) is 48.0 Å². The van der Waals surface area contributed by atoms with E-state index in [1.165, 1.54) is 6.92 Å². The summed E-state index contributed by atoms with van der Waals surface area (Å²) in [5.74, 6) is 0.405. The number of rotatable bonds is 5. The Bertz CT molecular complexity index is 1390. The molecule has 0 saturated heterocycles. The Balaban J connectivity index is 1.47. The first kappa shape index (κ1) is 19.4. The topological polar surface area (TPSA) is 84.7 Å². The van der Waals surface area contributed by atoms with E-state index in [1.54, 1.807) is 10.9 Å². The number of hydrogen-bond donors (Lipinski definition) is 2. The number of hydrogen-bond acceptors (Lipinski definition) is 5. The molecule has 2 aromatic heterocycles. The van der Waals surface area contributed by atoms with Crippen molar-refractivity contribution in [1.29, 1.82) is 0 Å². The summed E-state index contributed by atoms with van der Waals surface area (Å²) in [7, 11) is 0. The van der Waals surface area contributed by atoms with Crippen molar-refractivity contribution in [2.45, 2.75) is 6.92 Å². The lowest BCUT2D eigenvalue weighted by atomic mass is 10.0. The fourth-order valence-electron chi connectivity index (χ4n) is 3.56. The molecular weight excluding hydrogens is 400 g/mol. The molecule has 0 fully saturated rings. The van der Waals surface area contributed by atoms with Crippen LogP contribution < -0.4 is 10.6 Å². The molecule has 0 aliphatic carbocycles. The van der Waals surface area contributed by atoms with Crippen LogP contribution in [0.25, 0.3) is 27.7 Å². The van der Waals surface area contributed by atoms with E-state index in [0.29, 0.717) is 5.95 Å². The van der Waals surface area contributed by atoms with Crippen LogP contribution in [0.15, 0.2) is 91.4 Å². The zero-order valence-corrected chi connectivity index (χ0v) is 17.4. The summed E-state index contributed by atoms with van der Waals surface area (Å²) >= 11 is 0. The van der Waals surface area contributed by atoms with Crippen molar-refractivity contribution in [2.24, 2.45) is 0 Å². The molecule has 5 rings (SSSR count). The van der Waals surface area contributed by atoms with Gasteiger partial charge in [-0.3, -0.25) is 4.79 Å². The summed E-state index contributed by atoms with van der Waals surface area (Å²) in [6.45, 7) is 1.50. The van der Waals surface area contributed by atoms with E-state index < -0.39 is 0 Å². The Labute approximate surface area is 184 Å². The van der Waals surface area contributed by atoms with E-state index >= 15 is 0 Å². The van der Waals surface area contributed by atoms with E-state index in [0.717, 1.165) is 39.1 Å². The molecule has 0 unspecified atom stereocenters. The van der Waals surface area contributed by atoms with Crippen LogP contribution in [0, 0.1) is 0 Å². The Hall–Kier alpha value is -4.52. The molecule has 0 radical (unpaired) electrons. The lowest BCUT2D eigenvalue weighted by Gasteiger charge is -2.11. The fraction of sp³-hybridized carbons (Fsp3) is 0.0400. The smallest absolute Gasteiger partial charge is 0.227 e. The van der Waals surface area contributed by atoms with E-state index in [-0.39, 0.29) is 5.91 Å². The number of nitrogens with zero attached hydrogens (tertiary/aromatic N) is 4. The molecule has 0 bridgehead atoms. The molecule has 2 N–H and O–H groups in total. The van der Waals surface area contributed by atoms with Gasteiger partial charge in [0.25, 0.3) is 0 Å². The van der Waals surface area contributed by atoms with Crippen LogP contribution in [0.1, 0.15) is 6.92 Å². The Morgan fingerprint density at radius 2 is 1.78 bits per heavy atom. The molecule has 2 heterocycles. The van der Waals surface area contributed by atoms with Gasteiger partial charge in [0.2, 0.25) is 11.9 Å². The summed E-state index contributed by atoms with van der Waals surface area (Å²) in [6.07, 6.45) is 5.46. The van der Waals surface area contributed by atoms with E-state index in [2.05, 4.69) is 20.7 Å². The van der Waals surface area contributed by atoms with Crippen molar-refractivity contribution in [3.05, 3.63) is 91.4 Å². The van der Waals surface area contributed by atoms with Gasteiger partial charge in [-0.15, -0.1) is 0 Å². The quantitative estimate of drug-likeness (QED) is 0.409. The van der Waals surface area contributed by atoms with Crippen molar-refractivity contribution in [1.82, 2.24) is 19.7 Å². The van der Waals surface area contributed by atoms with Gasteiger partial charge in [0.05, 0.1) is 11.2 Å². The SMILES string of the molecule is CC(=O)Nc1cccc(-c2cccc3cnc(Nc4ccc(-n5cccn5)cc4)nc23)c1. The van der Waals surface area contributed by atoms with Crippen LogP contribution in [0.4, 0.5) is 17.3 Å². The number of para-hydroxylation sites is 1. The molecule has 0 aliphatic rings. The van der Waals surface area contributed by atoms with Crippen LogP contribution in [0.5, 0.6) is 0 Å². The maximum Gasteiger partial charge on any atom is 0.227 e. The maximum atomic E-state index is 11.4. The van der Waals surface area contributed by atoms with Gasteiger partial charge in [-0.25, -0.2) is 14.6 Å². The normalized spacial score (nSPS) is 10.8. The van der Waals surface area contributed by atoms with Crippen LogP contribution in [-0.4, -0.2) is 25.7 Å². The molecule has 5 aromatic rings. The van der Waals surface area contributed by atoms with Gasteiger partial charge in [-0.1, -0.05) is 30.3 Å². The van der Waals surface area contributed by atoms with Crippen molar-refractivity contribution < 1.29 is 4.79 Å². The highest BCUT2D eigenvalue weighted by Crippen LogP contribution is 2.30. The highest BCUT2D eigenvalue weighted by atomic mass is 16.1. The highest BCUT2D eigenvalue weighted by Gasteiger charge is 2.09. The molecule has 0 aliphatic heterocycles. The largest absolute Gasteiger partial charge is 0.326 e. The predicted octanol–water partition coefficient (Wildman–Crippen LogP) is 5.18. The van der Waals surface area contributed by atoms with Crippen LogP contribution in [0.2, 0.25) is 0 Å². The van der Waals surface area contributed by atoms with Crippen LogP contribution in [0.3, 0.4) is 0 Å². The summed E-state index contributed by atoms with van der Waals surface area (Å²) in [5.41, 5.74) is 5.37. The van der Waals surface area contributed by atoms with E-state index in [9.17, 15) is 4.79 Å². The third-order valence-corrected chi connectivity index (χ3v) is 5.00. The second kappa shape index (κ2) is 8.31. The standard InChI is InChI=1S/C25H20N6O/c1-17(32)28-21-7-2-5-18(15-21)23-8-3-6-19-16-26-25(30-24(19)23)29-20-9-11-22(12-10-20)31-14-4-13-27-31/h2-16H,1H3,(H,28,32)(H,26,29,30). The fourth-order valence-corrected chi connectivity index (χ4v) is 3.56. The van der Waals surface area contributed by atoms with Crippen molar-refractivity contribution in [3.8, 4) is 16.8 Å². The minimum absolute atomic E-state index is 0.104. The number of nitrogens with one attached hydrogen (secondary N) is 2. The predicted molar refractivity (Wildman–Crippen MR) is 126 cm³/mol. The first-order chi connectivity index (χ1) is 15.7. The first-order valence-corrected chi connectivity index (χ1v) is 10.2. The van der Waals surface area contributed by atoms with Gasteiger partial charge in [0.15, 0.2) is 0 Å². The monoisotopic (exact) mass is 420 g/mol. The van der Waals surface area contributed by atoms with Crippen molar-refractivity contribution >= 4 is 34.1 Å². The molecule has 7 heteroatoms. The van der Waals surface area contributed by atoms with Crippen molar-refractivity contribution in [3.63, 3.8) is 0 Å². The van der Waals surface area contributed by atoms with Gasteiger partial charge in [0, 0.05) is 47.8 Å². The Kier molecular flexibility index (Phi) is 5.05. The highest BCUT2D eigenvalue weighted by molar-refractivity contribution is 5.95. The minimum atomic E-state index is -0.104. The molecule has 0 spiro atoms. The number of fused-ring (bicyclic) bond motifs is 1. The molecule has 0 atom stereocenters. The zero-order chi connectivity index (χ0) is 21.9. The maximum absolute atomic E-state index is 11.4. The van der Waals surface area contributed by atoms with E-state index in [4.69, 9.17) is 4.98 Å². The second-order valence-electron chi connectivity index (χ2n) is 7.32. The van der Waals surface area contributed by atoms with Gasteiger partial charge < -0.3 is 10.6 Å². The van der Waals surface area contributed by atoms with Crippen LogP contribution in [-0.2, 0) is 4.79 Å². The molecule has 156 valence electrons. The summed E-state index contributed by atoms with van der Waals surface area (Å²) < 4.78 is 1.80. The summed E-state index contributed by atoms with van der Waals surface area (Å²) in [4.78, 5) is 20.7. The third-order valence-electron chi connectivity index (χ3n) is 5.00. The Morgan fingerprint density at radius 1 is 0.938 bits per heavy atom. The minimum Gasteiger partial charge on any atom is -0.326 e. The number of aromatic nitrogens is 4.